The summed E-state index contributed by atoms with van der Waals surface area (Å²) in [6, 6.07) is 4.87. The highest BCUT2D eigenvalue weighted by Crippen LogP contribution is 2.32. The second kappa shape index (κ2) is 7.91. The largest absolute Gasteiger partial charge is 0.480 e. The van der Waals surface area contributed by atoms with Crippen molar-refractivity contribution in [3.63, 3.8) is 0 Å². The molecule has 0 aliphatic carbocycles. The molecule has 1 aromatic carbocycles. The lowest BCUT2D eigenvalue weighted by atomic mass is 10.2. The summed E-state index contributed by atoms with van der Waals surface area (Å²) in [6.07, 6.45) is -4.13. The number of amides is 1. The number of nitrogens with zero attached hydrogens (tertiary/aromatic N) is 3. The lowest BCUT2D eigenvalue weighted by molar-refractivity contribution is -0.148. The number of carboxylic acids is 1. The van der Waals surface area contributed by atoms with Crippen molar-refractivity contribution < 1.29 is 36.3 Å². The van der Waals surface area contributed by atoms with Gasteiger partial charge in [0.2, 0.25) is 5.91 Å². The SMILES string of the molecule is O=C(O)[C@@H]1C[C@@H](S(=O)(=O)c2ccccc2Cl)CN1C(=O)Cn1ccc(C(F)(F)F)n1. The van der Waals surface area contributed by atoms with Gasteiger partial charge >= 0.3 is 12.1 Å². The fourth-order valence-electron chi connectivity index (χ4n) is 3.22. The third-order valence-corrected chi connectivity index (χ3v) is 7.31. The van der Waals surface area contributed by atoms with E-state index < -0.39 is 58.0 Å². The normalized spacial score (nSPS) is 19.8. The van der Waals surface area contributed by atoms with Crippen LogP contribution in [0.1, 0.15) is 12.1 Å². The summed E-state index contributed by atoms with van der Waals surface area (Å²) in [5, 5.41) is 11.4. The van der Waals surface area contributed by atoms with Gasteiger partial charge in [0.15, 0.2) is 15.5 Å². The van der Waals surface area contributed by atoms with Crippen LogP contribution in [0, 0.1) is 0 Å². The lowest BCUT2D eigenvalue weighted by Crippen LogP contribution is -2.42. The Morgan fingerprint density at radius 3 is 2.47 bits per heavy atom. The van der Waals surface area contributed by atoms with Crippen molar-refractivity contribution in [2.45, 2.75) is 35.3 Å². The van der Waals surface area contributed by atoms with Crippen LogP contribution >= 0.6 is 11.6 Å². The van der Waals surface area contributed by atoms with E-state index >= 15 is 0 Å². The van der Waals surface area contributed by atoms with E-state index in [1.807, 2.05) is 0 Å². The average Bonchev–Trinajstić information content (AvgIpc) is 3.29. The monoisotopic (exact) mass is 465 g/mol. The number of halogens is 4. The first-order chi connectivity index (χ1) is 13.9. The number of hydrogen-bond acceptors (Lipinski definition) is 5. The van der Waals surface area contributed by atoms with Crippen molar-refractivity contribution in [1.29, 1.82) is 0 Å². The van der Waals surface area contributed by atoms with Crippen molar-refractivity contribution in [2.75, 3.05) is 6.54 Å². The molecule has 1 amide bonds. The Morgan fingerprint density at radius 2 is 1.90 bits per heavy atom. The van der Waals surface area contributed by atoms with Crippen LogP contribution in [0.4, 0.5) is 13.2 Å². The van der Waals surface area contributed by atoms with Gasteiger partial charge in [-0.2, -0.15) is 18.3 Å². The Kier molecular flexibility index (Phi) is 5.83. The van der Waals surface area contributed by atoms with Crippen molar-refractivity contribution in [1.82, 2.24) is 14.7 Å². The zero-order chi connectivity index (χ0) is 22.3. The van der Waals surface area contributed by atoms with Crippen molar-refractivity contribution in [3.8, 4) is 0 Å². The first-order valence-corrected chi connectivity index (χ1v) is 10.4. The first kappa shape index (κ1) is 22.1. The molecule has 0 saturated carbocycles. The van der Waals surface area contributed by atoms with Crippen molar-refractivity contribution >= 4 is 33.3 Å². The molecule has 1 aliphatic heterocycles. The van der Waals surface area contributed by atoms with Crippen molar-refractivity contribution in [2.24, 2.45) is 0 Å². The molecule has 2 aromatic rings. The van der Waals surface area contributed by atoms with Gasteiger partial charge in [0.05, 0.1) is 15.2 Å². The highest BCUT2D eigenvalue weighted by molar-refractivity contribution is 7.92. The molecule has 1 N–H and O–H groups in total. The molecule has 0 bridgehead atoms. The summed E-state index contributed by atoms with van der Waals surface area (Å²) in [5.41, 5.74) is -1.20. The van der Waals surface area contributed by atoms with E-state index in [1.165, 1.54) is 24.3 Å². The third kappa shape index (κ3) is 4.29. The molecule has 13 heteroatoms. The average molecular weight is 466 g/mol. The minimum absolute atomic E-state index is 0.0367. The van der Waals surface area contributed by atoms with E-state index in [-0.39, 0.29) is 16.3 Å². The molecule has 1 aromatic heterocycles. The molecular weight excluding hydrogens is 451 g/mol. The second-order valence-electron chi connectivity index (χ2n) is 6.63. The number of benzene rings is 1. The molecule has 2 atom stereocenters. The van der Waals surface area contributed by atoms with Crippen LogP contribution in [0.25, 0.3) is 0 Å². The van der Waals surface area contributed by atoms with Crippen LogP contribution in [0.15, 0.2) is 41.4 Å². The van der Waals surface area contributed by atoms with Gasteiger partial charge in [0.1, 0.15) is 12.6 Å². The number of carbonyl (C=O) groups excluding carboxylic acids is 1. The predicted octanol–water partition coefficient (Wildman–Crippen LogP) is 2.08. The summed E-state index contributed by atoms with van der Waals surface area (Å²) in [4.78, 5) is 24.8. The van der Waals surface area contributed by atoms with Gasteiger partial charge in [-0.15, -0.1) is 0 Å². The van der Waals surface area contributed by atoms with Gasteiger partial charge in [0, 0.05) is 12.7 Å². The fraction of sp³-hybridized carbons (Fsp3) is 0.353. The Labute approximate surface area is 173 Å². The second-order valence-corrected chi connectivity index (χ2v) is 9.23. The number of carbonyl (C=O) groups is 2. The molecule has 162 valence electrons. The van der Waals surface area contributed by atoms with Crippen LogP contribution < -0.4 is 0 Å². The summed E-state index contributed by atoms with van der Waals surface area (Å²) < 4.78 is 64.5. The molecule has 0 unspecified atom stereocenters. The maximum Gasteiger partial charge on any atom is 0.435 e. The van der Waals surface area contributed by atoms with E-state index in [4.69, 9.17) is 11.6 Å². The van der Waals surface area contributed by atoms with Crippen LogP contribution in [0.2, 0.25) is 5.02 Å². The van der Waals surface area contributed by atoms with Gasteiger partial charge in [-0.1, -0.05) is 23.7 Å². The van der Waals surface area contributed by atoms with Crippen LogP contribution in [0.3, 0.4) is 0 Å². The smallest absolute Gasteiger partial charge is 0.435 e. The quantitative estimate of drug-likeness (QED) is 0.724. The molecule has 2 heterocycles. The Hall–Kier alpha value is -2.60. The summed E-state index contributed by atoms with van der Waals surface area (Å²) >= 11 is 5.95. The zero-order valence-corrected chi connectivity index (χ0v) is 16.7. The molecule has 3 rings (SSSR count). The number of sulfone groups is 1. The predicted molar refractivity (Wildman–Crippen MR) is 97.4 cm³/mol. The molecule has 0 spiro atoms. The third-order valence-electron chi connectivity index (χ3n) is 4.68. The molecular formula is C17H15ClF3N3O5S. The van der Waals surface area contributed by atoms with E-state index in [9.17, 15) is 36.3 Å². The molecule has 1 fully saturated rings. The fourth-order valence-corrected chi connectivity index (χ4v) is 5.44. The molecule has 8 nitrogen and oxygen atoms in total. The van der Waals surface area contributed by atoms with Gasteiger partial charge in [0.25, 0.3) is 0 Å². The van der Waals surface area contributed by atoms with E-state index in [2.05, 4.69) is 5.10 Å². The lowest BCUT2D eigenvalue weighted by Gasteiger charge is -2.21. The summed E-state index contributed by atoms with van der Waals surface area (Å²) in [7, 11) is -4.05. The van der Waals surface area contributed by atoms with E-state index in [0.717, 1.165) is 15.8 Å². The van der Waals surface area contributed by atoms with E-state index in [0.29, 0.717) is 6.07 Å². The number of aliphatic carboxylic acids is 1. The van der Waals surface area contributed by atoms with Crippen LogP contribution in [0.5, 0.6) is 0 Å². The summed E-state index contributed by atoms with van der Waals surface area (Å²) in [5.74, 6) is -2.28. The molecule has 0 radical (unpaired) electrons. The Morgan fingerprint density at radius 1 is 1.23 bits per heavy atom. The summed E-state index contributed by atoms with van der Waals surface area (Å²) in [6.45, 7) is -1.10. The van der Waals surface area contributed by atoms with Gasteiger partial charge < -0.3 is 10.0 Å². The van der Waals surface area contributed by atoms with Crippen LogP contribution in [-0.2, 0) is 32.1 Å². The number of rotatable bonds is 5. The standard InChI is InChI=1S/C17H15ClF3N3O5S/c18-11-3-1-2-4-13(11)30(28,29)10-7-12(16(26)27)24(8-10)15(25)9-23-6-5-14(22-23)17(19,20)21/h1-6,10,12H,7-9H2,(H,26,27)/t10-,12+/m1/s1. The molecule has 1 saturated heterocycles. The van der Waals surface area contributed by atoms with Gasteiger partial charge in [-0.05, 0) is 24.6 Å². The van der Waals surface area contributed by atoms with Gasteiger partial charge in [-0.3, -0.25) is 9.48 Å². The van der Waals surface area contributed by atoms with Crippen LogP contribution in [-0.4, -0.2) is 57.9 Å². The van der Waals surface area contributed by atoms with Gasteiger partial charge in [-0.25, -0.2) is 13.2 Å². The van der Waals surface area contributed by atoms with Crippen molar-refractivity contribution in [3.05, 3.63) is 47.2 Å². The maximum absolute atomic E-state index is 12.9. The number of hydrogen-bond donors (Lipinski definition) is 1. The number of alkyl halides is 3. The molecule has 1 aliphatic rings. The highest BCUT2D eigenvalue weighted by atomic mass is 35.5. The molecule has 30 heavy (non-hydrogen) atoms. The number of likely N-dealkylation sites (tertiary alicyclic amines) is 1. The highest BCUT2D eigenvalue weighted by Gasteiger charge is 2.46. The first-order valence-electron chi connectivity index (χ1n) is 8.52. The van der Waals surface area contributed by atoms with E-state index in [1.54, 1.807) is 0 Å². The number of aromatic nitrogens is 2. The topological polar surface area (TPSA) is 110 Å². The Bertz CT molecular complexity index is 1090. The number of carboxylic acid groups (broad SMARTS) is 1. The maximum atomic E-state index is 12.9. The Balaban J connectivity index is 1.82. The minimum Gasteiger partial charge on any atom is -0.480 e. The minimum atomic E-state index is -4.69. The zero-order valence-electron chi connectivity index (χ0n) is 15.1.